The van der Waals surface area contributed by atoms with Gasteiger partial charge in [-0.15, -0.1) is 0 Å². The molecule has 7 nitrogen and oxygen atoms in total. The van der Waals surface area contributed by atoms with Crippen LogP contribution in [0.15, 0.2) is 33.6 Å². The van der Waals surface area contributed by atoms with Crippen LogP contribution in [0.25, 0.3) is 6.08 Å². The summed E-state index contributed by atoms with van der Waals surface area (Å²) in [6.45, 7) is 0.121. The van der Waals surface area contributed by atoms with E-state index >= 15 is 0 Å². The molecule has 0 amide bonds. The summed E-state index contributed by atoms with van der Waals surface area (Å²) in [6.07, 6.45) is 3.71. The van der Waals surface area contributed by atoms with Crippen LogP contribution in [0.5, 0.6) is 11.5 Å². The van der Waals surface area contributed by atoms with E-state index in [0.29, 0.717) is 27.4 Å². The highest BCUT2D eigenvalue weighted by Gasteiger charge is 2.12. The number of hydrogen-bond donors (Lipinski definition) is 1. The van der Waals surface area contributed by atoms with Crippen LogP contribution < -0.4 is 9.47 Å². The van der Waals surface area contributed by atoms with E-state index in [2.05, 4.69) is 30.6 Å². The molecule has 0 spiro atoms. The number of ether oxygens (including phenoxy) is 2. The van der Waals surface area contributed by atoms with Gasteiger partial charge in [-0.05, 0) is 39.7 Å². The summed E-state index contributed by atoms with van der Waals surface area (Å²) in [5.74, 6) is 0.300. The Morgan fingerprint density at radius 1 is 1.52 bits per heavy atom. The Hall–Kier alpha value is -2.35. The summed E-state index contributed by atoms with van der Waals surface area (Å²) in [5, 5.41) is 12.3. The molecule has 0 fully saturated rings. The van der Waals surface area contributed by atoms with Gasteiger partial charge in [0.1, 0.15) is 0 Å². The van der Waals surface area contributed by atoms with Crippen molar-refractivity contribution in [2.45, 2.75) is 6.61 Å². The van der Waals surface area contributed by atoms with Crippen molar-refractivity contribution >= 4 is 28.0 Å². The molecule has 0 aliphatic rings. The summed E-state index contributed by atoms with van der Waals surface area (Å²) < 4.78 is 16.1. The zero-order chi connectivity index (χ0) is 15.2. The fraction of sp³-hybridized carbons (Fsp3) is 0.154. The van der Waals surface area contributed by atoms with Crippen molar-refractivity contribution in [3.05, 3.63) is 40.5 Å². The first-order chi connectivity index (χ1) is 10.1. The Morgan fingerprint density at radius 2 is 2.33 bits per heavy atom. The SMILES string of the molecule is COc1cc(/C=C/C(=O)O)cc(Br)c1OCc1ncon1. The van der Waals surface area contributed by atoms with Gasteiger partial charge in [-0.1, -0.05) is 5.16 Å². The molecule has 110 valence electrons. The second-order valence-corrected chi connectivity index (χ2v) is 4.70. The third-order valence-electron chi connectivity index (χ3n) is 2.42. The lowest BCUT2D eigenvalue weighted by molar-refractivity contribution is -0.131. The normalized spacial score (nSPS) is 10.8. The average molecular weight is 355 g/mol. The van der Waals surface area contributed by atoms with Crippen molar-refractivity contribution < 1.29 is 23.9 Å². The van der Waals surface area contributed by atoms with E-state index in [-0.39, 0.29) is 6.61 Å². The maximum atomic E-state index is 10.5. The Labute approximate surface area is 128 Å². The van der Waals surface area contributed by atoms with Gasteiger partial charge in [0, 0.05) is 6.08 Å². The largest absolute Gasteiger partial charge is 0.493 e. The summed E-state index contributed by atoms with van der Waals surface area (Å²) >= 11 is 3.36. The van der Waals surface area contributed by atoms with E-state index in [1.54, 1.807) is 12.1 Å². The first-order valence-electron chi connectivity index (χ1n) is 5.76. The Balaban J connectivity index is 2.22. The van der Waals surface area contributed by atoms with Crippen LogP contribution in [0.2, 0.25) is 0 Å². The van der Waals surface area contributed by atoms with Gasteiger partial charge >= 0.3 is 5.97 Å². The molecule has 1 aromatic heterocycles. The molecule has 8 heteroatoms. The van der Waals surface area contributed by atoms with Crippen LogP contribution in [-0.4, -0.2) is 28.3 Å². The number of hydrogen-bond acceptors (Lipinski definition) is 6. The Morgan fingerprint density at radius 3 is 2.95 bits per heavy atom. The van der Waals surface area contributed by atoms with E-state index in [1.165, 1.54) is 19.6 Å². The van der Waals surface area contributed by atoms with Gasteiger partial charge in [-0.3, -0.25) is 0 Å². The molecule has 1 heterocycles. The maximum absolute atomic E-state index is 10.5. The van der Waals surface area contributed by atoms with Crippen LogP contribution in [0, 0.1) is 0 Å². The first-order valence-corrected chi connectivity index (χ1v) is 6.56. The molecule has 1 N–H and O–H groups in total. The van der Waals surface area contributed by atoms with Gasteiger partial charge in [0.2, 0.25) is 12.2 Å². The van der Waals surface area contributed by atoms with E-state index < -0.39 is 5.97 Å². The third kappa shape index (κ3) is 4.06. The van der Waals surface area contributed by atoms with Gasteiger partial charge in [-0.25, -0.2) is 4.79 Å². The maximum Gasteiger partial charge on any atom is 0.328 e. The van der Waals surface area contributed by atoms with Crippen LogP contribution in [0.1, 0.15) is 11.4 Å². The van der Waals surface area contributed by atoms with Crippen LogP contribution in [0.4, 0.5) is 0 Å². The third-order valence-corrected chi connectivity index (χ3v) is 3.01. The molecule has 0 unspecified atom stereocenters. The lowest BCUT2D eigenvalue weighted by Crippen LogP contribution is -2.00. The fourth-order valence-electron chi connectivity index (χ4n) is 1.54. The molecule has 0 aliphatic carbocycles. The number of aromatic nitrogens is 2. The van der Waals surface area contributed by atoms with Crippen molar-refractivity contribution in [2.75, 3.05) is 7.11 Å². The predicted molar refractivity (Wildman–Crippen MR) is 76.0 cm³/mol. The minimum atomic E-state index is -1.03. The number of halogens is 1. The topological polar surface area (TPSA) is 94.7 Å². The van der Waals surface area contributed by atoms with Gasteiger partial charge in [-0.2, -0.15) is 4.98 Å². The van der Waals surface area contributed by atoms with E-state index in [4.69, 9.17) is 14.6 Å². The monoisotopic (exact) mass is 354 g/mol. The van der Waals surface area contributed by atoms with Crippen LogP contribution in [-0.2, 0) is 11.4 Å². The smallest absolute Gasteiger partial charge is 0.328 e. The zero-order valence-electron chi connectivity index (χ0n) is 10.9. The van der Waals surface area contributed by atoms with E-state index in [0.717, 1.165) is 6.08 Å². The van der Waals surface area contributed by atoms with Gasteiger partial charge in [0.25, 0.3) is 0 Å². The standard InChI is InChI=1S/C13H11BrN2O5/c1-19-10-5-8(2-3-12(17)18)4-9(14)13(10)20-6-11-15-7-21-16-11/h2-5,7H,6H2,1H3,(H,17,18)/b3-2+. The highest BCUT2D eigenvalue weighted by molar-refractivity contribution is 9.10. The number of nitrogens with zero attached hydrogens (tertiary/aromatic N) is 2. The molecular formula is C13H11BrN2O5. The first kappa shape index (κ1) is 15.0. The quantitative estimate of drug-likeness (QED) is 0.796. The number of benzene rings is 1. The summed E-state index contributed by atoms with van der Waals surface area (Å²) in [5.41, 5.74) is 0.660. The van der Waals surface area contributed by atoms with E-state index in [9.17, 15) is 4.79 Å². The van der Waals surface area contributed by atoms with Crippen LogP contribution in [0.3, 0.4) is 0 Å². The molecule has 0 radical (unpaired) electrons. The molecule has 0 bridgehead atoms. The molecule has 2 aromatic rings. The van der Waals surface area contributed by atoms with Crippen molar-refractivity contribution in [1.82, 2.24) is 10.1 Å². The van der Waals surface area contributed by atoms with Crippen molar-refractivity contribution in [2.24, 2.45) is 0 Å². The molecule has 0 atom stereocenters. The molecular weight excluding hydrogens is 344 g/mol. The van der Waals surface area contributed by atoms with Crippen molar-refractivity contribution in [3.8, 4) is 11.5 Å². The minimum Gasteiger partial charge on any atom is -0.493 e. The molecule has 2 rings (SSSR count). The van der Waals surface area contributed by atoms with Crippen molar-refractivity contribution in [3.63, 3.8) is 0 Å². The molecule has 21 heavy (non-hydrogen) atoms. The number of carbonyl (C=O) groups is 1. The number of carboxylic acids is 1. The number of rotatable bonds is 6. The zero-order valence-corrected chi connectivity index (χ0v) is 12.5. The summed E-state index contributed by atoms with van der Waals surface area (Å²) in [7, 11) is 1.49. The summed E-state index contributed by atoms with van der Waals surface area (Å²) in [4.78, 5) is 14.4. The lowest BCUT2D eigenvalue weighted by atomic mass is 10.2. The van der Waals surface area contributed by atoms with Crippen LogP contribution >= 0.6 is 15.9 Å². The minimum absolute atomic E-state index is 0.121. The second kappa shape index (κ2) is 6.89. The molecule has 1 aromatic carbocycles. The average Bonchev–Trinajstić information content (AvgIpc) is 2.96. The highest BCUT2D eigenvalue weighted by atomic mass is 79.9. The number of carboxylic acid groups (broad SMARTS) is 1. The lowest BCUT2D eigenvalue weighted by Gasteiger charge is -2.12. The van der Waals surface area contributed by atoms with Crippen molar-refractivity contribution in [1.29, 1.82) is 0 Å². The second-order valence-electron chi connectivity index (χ2n) is 3.84. The molecule has 0 saturated heterocycles. The fourth-order valence-corrected chi connectivity index (χ4v) is 2.11. The predicted octanol–water partition coefficient (Wildman–Crippen LogP) is 2.52. The van der Waals surface area contributed by atoms with Gasteiger partial charge < -0.3 is 19.1 Å². The number of methoxy groups -OCH3 is 1. The Kier molecular flexibility index (Phi) is 4.94. The molecule has 0 aliphatic heterocycles. The van der Waals surface area contributed by atoms with Gasteiger partial charge in [0.15, 0.2) is 18.1 Å². The highest BCUT2D eigenvalue weighted by Crippen LogP contribution is 2.37. The number of aliphatic carboxylic acids is 1. The summed E-state index contributed by atoms with van der Waals surface area (Å²) in [6, 6.07) is 3.38. The molecule has 0 saturated carbocycles. The Bertz CT molecular complexity index is 655. The van der Waals surface area contributed by atoms with Gasteiger partial charge in [0.05, 0.1) is 11.6 Å². The van der Waals surface area contributed by atoms with E-state index in [1.807, 2.05) is 0 Å².